The Morgan fingerprint density at radius 2 is 1.83 bits per heavy atom. The first-order chi connectivity index (χ1) is 14.0. The van der Waals surface area contributed by atoms with E-state index in [0.717, 1.165) is 25.9 Å². The molecule has 2 fully saturated rings. The van der Waals surface area contributed by atoms with E-state index in [4.69, 9.17) is 0 Å². The molecule has 160 valence electrons. The quantitative estimate of drug-likeness (QED) is 0.585. The van der Waals surface area contributed by atoms with Crippen LogP contribution in [0.5, 0.6) is 0 Å². The number of likely N-dealkylation sites (tertiary alicyclic amines) is 1. The van der Waals surface area contributed by atoms with Gasteiger partial charge in [-0.15, -0.1) is 12.4 Å². The summed E-state index contributed by atoms with van der Waals surface area (Å²) in [7, 11) is 0. The number of nitrogens with zero attached hydrogens (tertiary/aromatic N) is 4. The van der Waals surface area contributed by atoms with Gasteiger partial charge in [0.2, 0.25) is 5.43 Å². The van der Waals surface area contributed by atoms with E-state index in [-0.39, 0.29) is 29.5 Å². The number of rotatable bonds is 3. The van der Waals surface area contributed by atoms with Crippen LogP contribution in [0.25, 0.3) is 5.69 Å². The van der Waals surface area contributed by atoms with Crippen LogP contribution in [0.1, 0.15) is 29.0 Å². The number of nitro groups is 1. The molecule has 0 spiro atoms. The van der Waals surface area contributed by atoms with Crippen molar-refractivity contribution in [3.05, 3.63) is 62.1 Å². The highest BCUT2D eigenvalue weighted by atomic mass is 35.5. The number of hydrogen-bond acceptors (Lipinski definition) is 6. The van der Waals surface area contributed by atoms with Gasteiger partial charge < -0.3 is 10.2 Å². The number of para-hydroxylation sites is 2. The number of aromatic nitrogens is 2. The van der Waals surface area contributed by atoms with Crippen molar-refractivity contribution >= 4 is 24.0 Å². The van der Waals surface area contributed by atoms with E-state index in [1.165, 1.54) is 16.8 Å². The highest BCUT2D eigenvalue weighted by Gasteiger charge is 2.33. The first-order valence-corrected chi connectivity index (χ1v) is 9.80. The van der Waals surface area contributed by atoms with Gasteiger partial charge in [-0.1, -0.05) is 12.1 Å². The Bertz CT molecular complexity index is 1010. The molecular weight excluding hydrogens is 410 g/mol. The Morgan fingerprint density at radius 1 is 1.20 bits per heavy atom. The fourth-order valence-electron chi connectivity index (χ4n) is 4.31. The molecule has 2 aliphatic heterocycles. The minimum atomic E-state index is -0.502. The van der Waals surface area contributed by atoms with E-state index < -0.39 is 16.3 Å². The third-order valence-corrected chi connectivity index (χ3v) is 5.92. The predicted molar refractivity (Wildman–Crippen MR) is 113 cm³/mol. The summed E-state index contributed by atoms with van der Waals surface area (Å²) in [5.74, 6) is 0.708. The number of nitrogens with one attached hydrogen (secondary N) is 1. The van der Waals surface area contributed by atoms with Crippen LogP contribution in [0.2, 0.25) is 0 Å². The third-order valence-electron chi connectivity index (χ3n) is 5.92. The van der Waals surface area contributed by atoms with Gasteiger partial charge >= 0.3 is 0 Å². The topological polar surface area (TPSA) is 110 Å². The zero-order chi connectivity index (χ0) is 20.5. The molecule has 3 heterocycles. The second-order valence-electron chi connectivity index (χ2n) is 7.70. The third kappa shape index (κ3) is 4.08. The van der Waals surface area contributed by atoms with Crippen LogP contribution in [0.4, 0.5) is 5.69 Å². The second kappa shape index (κ2) is 8.93. The fraction of sp³-hybridized carbons (Fsp3) is 0.450. The number of amides is 1. The fourth-order valence-corrected chi connectivity index (χ4v) is 4.31. The first kappa shape index (κ1) is 21.9. The molecule has 30 heavy (non-hydrogen) atoms. The van der Waals surface area contributed by atoms with Crippen LogP contribution in [-0.2, 0) is 0 Å². The molecule has 2 atom stereocenters. The molecule has 0 unspecified atom stereocenters. The minimum absolute atomic E-state index is 0. The van der Waals surface area contributed by atoms with Crippen molar-refractivity contribution < 1.29 is 9.72 Å². The van der Waals surface area contributed by atoms with Crippen LogP contribution in [-0.4, -0.2) is 51.7 Å². The number of fused-ring (bicyclic) bond motifs is 1. The lowest BCUT2D eigenvalue weighted by Crippen LogP contribution is -2.37. The Kier molecular flexibility index (Phi) is 6.52. The molecule has 1 aromatic carbocycles. The van der Waals surface area contributed by atoms with Gasteiger partial charge in [-0.2, -0.15) is 5.10 Å². The zero-order valence-electron chi connectivity index (χ0n) is 16.6. The number of carbonyl (C=O) groups excluding carboxylic acids is 1. The average Bonchev–Trinajstić information content (AvgIpc) is 3.06. The van der Waals surface area contributed by atoms with Gasteiger partial charge in [0.1, 0.15) is 5.69 Å². The molecule has 0 radical (unpaired) electrons. The standard InChI is InChI=1S/C20H23N5O4.ClH/c1-13-10-18(26)19(22-24(13)16-4-2-3-5-17(16)25(28)29)20(27)23-8-6-14-11-21-12-15(14)7-9-23;/h2-5,10,14-15,21H,6-9,11-12H2,1H3;1H/t14-,15+;. The lowest BCUT2D eigenvalue weighted by Gasteiger charge is -2.21. The number of nitro benzene ring substituents is 1. The van der Waals surface area contributed by atoms with E-state index >= 15 is 0 Å². The number of hydrogen-bond donors (Lipinski definition) is 1. The van der Waals surface area contributed by atoms with Crippen LogP contribution in [0.3, 0.4) is 0 Å². The highest BCUT2D eigenvalue weighted by Crippen LogP contribution is 2.27. The summed E-state index contributed by atoms with van der Waals surface area (Å²) in [6.07, 6.45) is 1.79. The first-order valence-electron chi connectivity index (χ1n) is 9.80. The summed E-state index contributed by atoms with van der Waals surface area (Å²) < 4.78 is 1.31. The molecule has 10 heteroatoms. The molecule has 1 aromatic heterocycles. The van der Waals surface area contributed by atoms with Gasteiger partial charge in [-0.3, -0.25) is 19.7 Å². The molecule has 9 nitrogen and oxygen atoms in total. The van der Waals surface area contributed by atoms with E-state index in [1.54, 1.807) is 30.0 Å². The van der Waals surface area contributed by atoms with Crippen molar-refractivity contribution in [1.29, 1.82) is 0 Å². The number of aryl methyl sites for hydroxylation is 1. The van der Waals surface area contributed by atoms with Crippen LogP contribution in [0.15, 0.2) is 35.1 Å². The number of halogens is 1. The number of carbonyl (C=O) groups is 1. The Morgan fingerprint density at radius 3 is 2.47 bits per heavy atom. The smallest absolute Gasteiger partial charge is 0.294 e. The normalized spacial score (nSPS) is 20.8. The van der Waals surface area contributed by atoms with E-state index in [1.807, 2.05) is 0 Å². The average molecular weight is 434 g/mol. The predicted octanol–water partition coefficient (Wildman–Crippen LogP) is 1.94. The van der Waals surface area contributed by atoms with Gasteiger partial charge in [0.05, 0.1) is 4.92 Å². The molecule has 2 aromatic rings. The monoisotopic (exact) mass is 433 g/mol. The van der Waals surface area contributed by atoms with Crippen molar-refractivity contribution in [1.82, 2.24) is 20.0 Å². The summed E-state index contributed by atoms with van der Waals surface area (Å²) in [5, 5.41) is 19.1. The molecule has 0 aliphatic carbocycles. The SMILES string of the molecule is Cc1cc(=O)c(C(=O)N2CC[C@@H]3CNC[C@@H]3CC2)nn1-c1ccccc1[N+](=O)[O-].Cl. The van der Waals surface area contributed by atoms with Crippen molar-refractivity contribution in [2.75, 3.05) is 26.2 Å². The summed E-state index contributed by atoms with van der Waals surface area (Å²) in [4.78, 5) is 38.2. The summed E-state index contributed by atoms with van der Waals surface area (Å²) in [6.45, 7) is 4.75. The maximum Gasteiger partial charge on any atom is 0.294 e. The van der Waals surface area contributed by atoms with E-state index in [9.17, 15) is 19.7 Å². The Labute approximate surface area is 179 Å². The van der Waals surface area contributed by atoms with Gasteiger partial charge in [-0.25, -0.2) is 4.68 Å². The lowest BCUT2D eigenvalue weighted by atomic mass is 9.92. The van der Waals surface area contributed by atoms with Gasteiger partial charge in [0, 0.05) is 30.9 Å². The zero-order valence-corrected chi connectivity index (χ0v) is 17.4. The number of benzene rings is 1. The summed E-state index contributed by atoms with van der Waals surface area (Å²) >= 11 is 0. The largest absolute Gasteiger partial charge is 0.337 e. The molecule has 4 rings (SSSR count). The maximum atomic E-state index is 13.1. The van der Waals surface area contributed by atoms with Gasteiger partial charge in [-0.05, 0) is 50.8 Å². The van der Waals surface area contributed by atoms with Crippen LogP contribution >= 0.6 is 12.4 Å². The van der Waals surface area contributed by atoms with Crippen molar-refractivity contribution in [2.45, 2.75) is 19.8 Å². The van der Waals surface area contributed by atoms with Crippen LogP contribution < -0.4 is 10.7 Å². The molecule has 2 aliphatic rings. The molecule has 2 saturated heterocycles. The van der Waals surface area contributed by atoms with E-state index in [2.05, 4.69) is 10.4 Å². The van der Waals surface area contributed by atoms with Gasteiger partial charge in [0.25, 0.3) is 11.6 Å². The molecule has 0 saturated carbocycles. The van der Waals surface area contributed by atoms with Crippen LogP contribution in [0, 0.1) is 28.9 Å². The molecular formula is C20H24ClN5O4. The summed E-state index contributed by atoms with van der Waals surface area (Å²) in [6, 6.07) is 7.46. The molecule has 1 N–H and O–H groups in total. The minimum Gasteiger partial charge on any atom is -0.337 e. The Hall–Kier alpha value is -2.78. The lowest BCUT2D eigenvalue weighted by molar-refractivity contribution is -0.384. The summed E-state index contributed by atoms with van der Waals surface area (Å²) in [5.41, 5.74) is -0.148. The van der Waals surface area contributed by atoms with E-state index in [0.29, 0.717) is 30.6 Å². The Balaban J connectivity index is 0.00000256. The van der Waals surface area contributed by atoms with Crippen molar-refractivity contribution in [2.24, 2.45) is 11.8 Å². The van der Waals surface area contributed by atoms with Gasteiger partial charge in [0.15, 0.2) is 5.69 Å². The molecule has 1 amide bonds. The maximum absolute atomic E-state index is 13.1. The van der Waals surface area contributed by atoms with Crippen molar-refractivity contribution in [3.63, 3.8) is 0 Å². The molecule has 0 bridgehead atoms. The highest BCUT2D eigenvalue weighted by molar-refractivity contribution is 5.92. The second-order valence-corrected chi connectivity index (χ2v) is 7.70. The van der Waals surface area contributed by atoms with Crippen molar-refractivity contribution in [3.8, 4) is 5.69 Å².